The molecule has 0 aliphatic carbocycles. The lowest BCUT2D eigenvalue weighted by molar-refractivity contribution is -0.150. The molecule has 0 saturated carbocycles. The smallest absolute Gasteiger partial charge is 0.380 e. The number of carbonyl (C=O) groups excluding carboxylic acids is 1. The Labute approximate surface area is 225 Å². The van der Waals surface area contributed by atoms with Crippen molar-refractivity contribution in [3.05, 3.63) is 52.8 Å². The summed E-state index contributed by atoms with van der Waals surface area (Å²) >= 11 is 0. The van der Waals surface area contributed by atoms with E-state index in [9.17, 15) is 31.1 Å². The van der Waals surface area contributed by atoms with E-state index in [0.29, 0.717) is 18.8 Å². The van der Waals surface area contributed by atoms with Gasteiger partial charge in [0, 0.05) is 31.6 Å². The van der Waals surface area contributed by atoms with Crippen molar-refractivity contribution >= 4 is 28.3 Å². The first kappa shape index (κ1) is 27.9. The van der Waals surface area contributed by atoms with Gasteiger partial charge in [0.25, 0.3) is 0 Å². The Morgan fingerprint density at radius 3 is 2.33 bits per heavy atom. The van der Waals surface area contributed by atoms with Crippen molar-refractivity contribution in [2.45, 2.75) is 32.2 Å². The molecule has 1 amide bonds. The Balaban J connectivity index is 1.48. The van der Waals surface area contributed by atoms with Crippen LogP contribution in [-0.4, -0.2) is 65.4 Å². The zero-order valence-electron chi connectivity index (χ0n) is 21.6. The van der Waals surface area contributed by atoms with Crippen LogP contribution < -0.4 is 10.2 Å². The van der Waals surface area contributed by atoms with Crippen molar-refractivity contribution in [2.24, 2.45) is 5.92 Å². The van der Waals surface area contributed by atoms with Gasteiger partial charge in [-0.15, -0.1) is 5.10 Å². The summed E-state index contributed by atoms with van der Waals surface area (Å²) in [7, 11) is 0. The summed E-state index contributed by atoms with van der Waals surface area (Å²) < 4.78 is 87.3. The number of rotatable bonds is 5. The molecule has 3 aromatic rings. The molecule has 0 unspecified atom stereocenters. The van der Waals surface area contributed by atoms with Gasteiger partial charge in [-0.25, -0.2) is 4.98 Å². The number of anilines is 2. The molecule has 214 valence electrons. The predicted molar refractivity (Wildman–Crippen MR) is 134 cm³/mol. The summed E-state index contributed by atoms with van der Waals surface area (Å²) in [5.74, 6) is -0.194. The average Bonchev–Trinajstić information content (AvgIpc) is 2.88. The number of pyridine rings is 1. The molecule has 1 N–H and O–H groups in total. The monoisotopic (exact) mass is 568 g/mol. The van der Waals surface area contributed by atoms with Gasteiger partial charge in [-0.3, -0.25) is 4.79 Å². The second-order valence-corrected chi connectivity index (χ2v) is 9.92. The third-order valence-corrected chi connectivity index (χ3v) is 7.16. The molecule has 14 heteroatoms. The molecule has 4 heterocycles. The molecule has 8 nitrogen and oxygen atoms in total. The Hall–Kier alpha value is -3.68. The van der Waals surface area contributed by atoms with Crippen molar-refractivity contribution < 1.29 is 35.9 Å². The summed E-state index contributed by atoms with van der Waals surface area (Å²) in [6.07, 6.45) is -9.30. The van der Waals surface area contributed by atoms with Gasteiger partial charge in [-0.1, -0.05) is 12.1 Å². The maximum Gasteiger partial charge on any atom is 0.435 e. The molecule has 2 saturated heterocycles. The van der Waals surface area contributed by atoms with Crippen LogP contribution in [0.2, 0.25) is 0 Å². The molecule has 1 aromatic carbocycles. The van der Waals surface area contributed by atoms with Gasteiger partial charge in [0.1, 0.15) is 0 Å². The highest BCUT2D eigenvalue weighted by Crippen LogP contribution is 2.40. The summed E-state index contributed by atoms with van der Waals surface area (Å²) in [6.45, 7) is 4.61. The zero-order valence-corrected chi connectivity index (χ0v) is 21.6. The molecule has 0 bridgehead atoms. The van der Waals surface area contributed by atoms with E-state index in [4.69, 9.17) is 4.74 Å². The van der Waals surface area contributed by atoms with Crippen molar-refractivity contribution in [3.8, 4) is 0 Å². The Bertz CT molecular complexity index is 1420. The second-order valence-electron chi connectivity index (χ2n) is 9.92. The molecule has 40 heavy (non-hydrogen) atoms. The van der Waals surface area contributed by atoms with Crippen molar-refractivity contribution in [2.75, 3.05) is 49.6 Å². The summed E-state index contributed by atoms with van der Waals surface area (Å²) in [5, 5.41) is 11.3. The normalized spacial score (nSPS) is 17.6. The lowest BCUT2D eigenvalue weighted by Gasteiger charge is -2.39. The van der Waals surface area contributed by atoms with E-state index in [1.807, 2.05) is 0 Å². The molecule has 1 atom stereocenters. The Morgan fingerprint density at radius 1 is 1.02 bits per heavy atom. The number of alkyl halides is 6. The van der Waals surface area contributed by atoms with Gasteiger partial charge in [0.05, 0.1) is 47.6 Å². The minimum absolute atomic E-state index is 0.0244. The van der Waals surface area contributed by atoms with E-state index in [-0.39, 0.29) is 66.1 Å². The fraction of sp³-hybridized carbons (Fsp3) is 0.462. The highest BCUT2D eigenvalue weighted by Gasteiger charge is 2.39. The second kappa shape index (κ2) is 10.4. The minimum Gasteiger partial charge on any atom is -0.380 e. The fourth-order valence-electron chi connectivity index (χ4n) is 4.82. The molecule has 2 fully saturated rings. The molecule has 2 aliphatic rings. The van der Waals surface area contributed by atoms with Crippen LogP contribution in [0.25, 0.3) is 10.9 Å². The van der Waals surface area contributed by atoms with E-state index < -0.39 is 29.7 Å². The summed E-state index contributed by atoms with van der Waals surface area (Å²) in [5.41, 5.74) is -1.62. The largest absolute Gasteiger partial charge is 0.435 e. The highest BCUT2D eigenvalue weighted by molar-refractivity contribution is 5.93. The van der Waals surface area contributed by atoms with Crippen LogP contribution >= 0.6 is 0 Å². The number of fused-ring (bicyclic) bond motifs is 1. The minimum atomic E-state index is -4.77. The number of halogens is 6. The number of amides is 1. The topological polar surface area (TPSA) is 83.5 Å². The number of ether oxygens (including phenoxy) is 1. The summed E-state index contributed by atoms with van der Waals surface area (Å²) in [6, 6.07) is 5.41. The Morgan fingerprint density at radius 2 is 1.73 bits per heavy atom. The van der Waals surface area contributed by atoms with Gasteiger partial charge in [0.2, 0.25) is 5.91 Å². The first-order valence-corrected chi connectivity index (χ1v) is 12.6. The van der Waals surface area contributed by atoms with Crippen molar-refractivity contribution in [1.29, 1.82) is 0 Å². The van der Waals surface area contributed by atoms with Crippen LogP contribution in [0.1, 0.15) is 35.5 Å². The summed E-state index contributed by atoms with van der Waals surface area (Å²) in [4.78, 5) is 19.7. The fourth-order valence-corrected chi connectivity index (χ4v) is 4.82. The first-order chi connectivity index (χ1) is 18.8. The number of carbonyl (C=O) groups is 1. The number of nitrogens with zero attached hydrogens (tertiary/aromatic N) is 5. The number of piperazine rings is 1. The van der Waals surface area contributed by atoms with Gasteiger partial charge >= 0.3 is 12.4 Å². The lowest BCUT2D eigenvalue weighted by Crippen LogP contribution is -2.53. The van der Waals surface area contributed by atoms with Crippen LogP contribution in [-0.2, 0) is 21.9 Å². The predicted octanol–water partition coefficient (Wildman–Crippen LogP) is 4.84. The number of hydrogen-bond donors (Lipinski definition) is 1. The van der Waals surface area contributed by atoms with Gasteiger partial charge in [-0.05, 0) is 37.6 Å². The molecule has 0 radical (unpaired) electrons. The molecular formula is C26H26F6N6O2. The first-order valence-electron chi connectivity index (χ1n) is 12.6. The molecule has 5 rings (SSSR count). The van der Waals surface area contributed by atoms with Crippen molar-refractivity contribution in [1.82, 2.24) is 20.1 Å². The van der Waals surface area contributed by atoms with E-state index in [0.717, 1.165) is 12.1 Å². The maximum atomic E-state index is 14.2. The van der Waals surface area contributed by atoms with Crippen LogP contribution in [0, 0.1) is 12.8 Å². The molecular weight excluding hydrogens is 542 g/mol. The number of aromatic nitrogens is 3. The van der Waals surface area contributed by atoms with Crippen LogP contribution in [0.15, 0.2) is 30.3 Å². The van der Waals surface area contributed by atoms with Crippen molar-refractivity contribution in [3.63, 3.8) is 0 Å². The van der Waals surface area contributed by atoms with Crippen LogP contribution in [0.4, 0.5) is 37.8 Å². The SMILES string of the molecule is Cc1nnc(N[C@H](C)c2cccc(C(F)(F)F)c2)c2cc(N3CCN(C(=O)C4COC4)CC3)c(C(F)(F)F)nc12. The third kappa shape index (κ3) is 5.49. The van der Waals surface area contributed by atoms with Crippen LogP contribution in [0.5, 0.6) is 0 Å². The molecule has 2 aliphatic heterocycles. The van der Waals surface area contributed by atoms with E-state index >= 15 is 0 Å². The average molecular weight is 569 g/mol. The van der Waals surface area contributed by atoms with E-state index in [2.05, 4.69) is 20.5 Å². The molecule has 2 aromatic heterocycles. The van der Waals surface area contributed by atoms with E-state index in [1.54, 1.807) is 11.8 Å². The number of hydrogen-bond acceptors (Lipinski definition) is 7. The van der Waals surface area contributed by atoms with Crippen LogP contribution in [0.3, 0.4) is 0 Å². The quantitative estimate of drug-likeness (QED) is 0.441. The van der Waals surface area contributed by atoms with Gasteiger partial charge in [0.15, 0.2) is 11.5 Å². The maximum absolute atomic E-state index is 14.2. The zero-order chi connectivity index (χ0) is 28.8. The van der Waals surface area contributed by atoms with Gasteiger partial charge in [-0.2, -0.15) is 31.4 Å². The number of aryl methyl sites for hydroxylation is 1. The third-order valence-electron chi connectivity index (χ3n) is 7.16. The Kier molecular flexibility index (Phi) is 7.23. The van der Waals surface area contributed by atoms with Gasteiger partial charge < -0.3 is 19.9 Å². The number of nitrogens with one attached hydrogen (secondary N) is 1. The van der Waals surface area contributed by atoms with E-state index in [1.165, 1.54) is 30.0 Å². The highest BCUT2D eigenvalue weighted by atomic mass is 19.4. The number of benzene rings is 1. The lowest BCUT2D eigenvalue weighted by atomic mass is 10.0. The standard InChI is InChI=1S/C26H26F6N6O2/c1-14(16-4-3-5-18(10-16)25(27,28)29)33-23-19-11-20(22(26(30,31)32)34-21(19)15(2)35-36-23)37-6-8-38(9-7-37)24(39)17-12-40-13-17/h3-5,10-11,14,17H,6-9,12-13H2,1-2H3,(H,33,36)/t14-/m1/s1. The molecule has 0 spiro atoms.